The molecule has 6 amide bonds. The molecule has 3 fully saturated rings. The predicted molar refractivity (Wildman–Crippen MR) is 309 cm³/mol. The van der Waals surface area contributed by atoms with E-state index in [-0.39, 0.29) is 74.8 Å². The molecule has 83 heavy (non-hydrogen) atoms. The maximum Gasteiger partial charge on any atom is 0.409 e. The summed E-state index contributed by atoms with van der Waals surface area (Å²) in [6, 6.07) is 2.31. The third-order valence-corrected chi connectivity index (χ3v) is 18.5. The number of hydroxylamine groups is 2. The molecule has 23 nitrogen and oxygen atoms in total. The Morgan fingerprint density at radius 2 is 1.77 bits per heavy atom. The molecule has 4 bridgehead atoms. The molecule has 456 valence electrons. The molecule has 0 spiro atoms. The Balaban J connectivity index is 1.02. The van der Waals surface area contributed by atoms with Gasteiger partial charge in [0.15, 0.2) is 5.72 Å². The standard InChI is InChI=1S/C57H77ClN6O17S2/c1-33-13-11-14-44(76-10)57(74)31-43(79-54(72)59-57)34(2)30-56(6,73)45(29-50(69)63(8)40-26-36(25-33)27-42(75-9)52(40)58)80-53(71)35(3)62(7)47(66)21-24-82-83-55(4,5)32-46(65)61-60-39-20-23-78-41-28-37(16-17-38(39)41)77-22-12-15-51(70)81-64-48(67)18-19-49(64)68/h11,13-14,16-17,26-28,34-35,38,41,43-45,73-74H,12,15,18-25,29-32H2,1-10H3,(H,59,72)(H,61,65)/b14-11+,33-13+,60-39+/t34-,35-,38?,41?,43-,44+,45-,56?,57-/m0/s1. The number of hydrogen-bond acceptors (Lipinski definition) is 20. The lowest BCUT2D eigenvalue weighted by Crippen LogP contribution is -2.63. The largest absolute Gasteiger partial charge is 0.495 e. The second-order valence-corrected chi connectivity index (χ2v) is 25.6. The van der Waals surface area contributed by atoms with Gasteiger partial charge in [0.1, 0.15) is 40.9 Å². The number of hydrogen-bond donors (Lipinski definition) is 4. The molecule has 1 aromatic carbocycles. The van der Waals surface area contributed by atoms with Gasteiger partial charge in [-0.15, -0.1) is 5.06 Å². The Hall–Kier alpha value is -5.96. The van der Waals surface area contributed by atoms with E-state index in [9.17, 15) is 48.6 Å². The van der Waals surface area contributed by atoms with Crippen molar-refractivity contribution in [3.63, 3.8) is 0 Å². The summed E-state index contributed by atoms with van der Waals surface area (Å²) < 4.78 is 34.1. The average molecular weight is 1220 g/mol. The molecule has 4 aliphatic heterocycles. The number of allylic oxidation sites excluding steroid dienone is 4. The van der Waals surface area contributed by atoms with Gasteiger partial charge in [-0.3, -0.25) is 29.3 Å². The number of rotatable bonds is 19. The molecule has 9 atom stereocenters. The van der Waals surface area contributed by atoms with Gasteiger partial charge in [0, 0.05) is 76.1 Å². The van der Waals surface area contributed by atoms with E-state index in [1.807, 2.05) is 32.9 Å². The Labute approximate surface area is 496 Å². The molecule has 4 N–H and O–H groups in total. The summed E-state index contributed by atoms with van der Waals surface area (Å²) in [7, 11) is 8.60. The van der Waals surface area contributed by atoms with Gasteiger partial charge in [-0.2, -0.15) is 5.10 Å². The summed E-state index contributed by atoms with van der Waals surface area (Å²) in [4.78, 5) is 111. The van der Waals surface area contributed by atoms with Gasteiger partial charge in [0.05, 0.1) is 56.3 Å². The normalized spacial score (nSPS) is 27.9. The van der Waals surface area contributed by atoms with Crippen LogP contribution in [0, 0.1) is 11.8 Å². The lowest BCUT2D eigenvalue weighted by molar-refractivity contribution is -0.197. The van der Waals surface area contributed by atoms with E-state index in [0.717, 1.165) is 16.8 Å². The smallest absolute Gasteiger partial charge is 0.409 e. The number of halogens is 1. The fourth-order valence-corrected chi connectivity index (χ4v) is 12.7. The van der Waals surface area contributed by atoms with E-state index in [1.165, 1.54) is 73.6 Å². The van der Waals surface area contributed by atoms with E-state index in [4.69, 9.17) is 44.9 Å². The van der Waals surface area contributed by atoms with Crippen molar-refractivity contribution in [1.29, 1.82) is 0 Å². The summed E-state index contributed by atoms with van der Waals surface area (Å²) in [5, 5.41) is 31.7. The van der Waals surface area contributed by atoms with Gasteiger partial charge in [-0.1, -0.05) is 70.0 Å². The van der Waals surface area contributed by atoms with Gasteiger partial charge in [0.2, 0.25) is 17.7 Å². The third kappa shape index (κ3) is 18.0. The lowest BCUT2D eigenvalue weighted by Gasteiger charge is -2.43. The van der Waals surface area contributed by atoms with E-state index in [1.54, 1.807) is 43.4 Å². The third-order valence-electron chi connectivity index (χ3n) is 14.8. The van der Waals surface area contributed by atoms with Crippen LogP contribution < -0.4 is 20.4 Å². The lowest BCUT2D eigenvalue weighted by atomic mass is 9.81. The number of likely N-dealkylation sites (N-methyl/N-ethyl adjacent to an activating group) is 1. The summed E-state index contributed by atoms with van der Waals surface area (Å²) in [6.07, 6.45) is 6.15. The van der Waals surface area contributed by atoms with Crippen molar-refractivity contribution in [3.05, 3.63) is 70.5 Å². The first kappa shape index (κ1) is 66.2. The minimum atomic E-state index is -1.96. The molecule has 3 unspecified atom stereocenters. The fourth-order valence-electron chi connectivity index (χ4n) is 9.94. The number of imide groups is 1. The van der Waals surface area contributed by atoms with Crippen LogP contribution in [0.5, 0.6) is 5.75 Å². The van der Waals surface area contributed by atoms with Gasteiger partial charge >= 0.3 is 18.0 Å². The van der Waals surface area contributed by atoms with Crippen LogP contribution in [0.2, 0.25) is 5.02 Å². The van der Waals surface area contributed by atoms with Gasteiger partial charge in [0.25, 0.3) is 11.8 Å². The van der Waals surface area contributed by atoms with E-state index >= 15 is 0 Å². The highest BCUT2D eigenvalue weighted by Gasteiger charge is 2.49. The molecule has 0 saturated carbocycles. The number of methoxy groups -OCH3 is 2. The summed E-state index contributed by atoms with van der Waals surface area (Å²) in [5.74, 6) is -3.76. The number of aliphatic hydroxyl groups is 2. The summed E-state index contributed by atoms with van der Waals surface area (Å²) in [5.41, 5.74) is 1.44. The second-order valence-electron chi connectivity index (χ2n) is 22.1. The molecular weight excluding hydrogens is 1140 g/mol. The number of amides is 6. The quantitative estimate of drug-likeness (QED) is 0.0396. The molecule has 3 saturated heterocycles. The first-order chi connectivity index (χ1) is 39.1. The number of alkyl carbamates (subject to hydrolysis) is 1. The van der Waals surface area contributed by atoms with Crippen LogP contribution in [-0.2, 0) is 68.5 Å². The number of carbonyl (C=O) groups excluding carboxylic acids is 8. The van der Waals surface area contributed by atoms with E-state index in [0.29, 0.717) is 47.5 Å². The molecule has 6 rings (SSSR count). The van der Waals surface area contributed by atoms with Crippen molar-refractivity contribution in [1.82, 2.24) is 20.7 Å². The number of nitrogens with zero attached hydrogens (tertiary/aromatic N) is 4. The first-order valence-electron chi connectivity index (χ1n) is 27.4. The van der Waals surface area contributed by atoms with Crippen LogP contribution in [0.1, 0.15) is 111 Å². The second kappa shape index (κ2) is 29.2. The topological polar surface area (TPSA) is 288 Å². The SMILES string of the molecule is COc1cc2cc(c1Cl)N(C)C(=O)C[C@H](OC(=O)[C@H](C)N(C)C(=O)CCSSC(C)(C)CC(=O)N/N=C1\CCOC3C=C(OCCCC(=O)ON4C(=O)CCC4=O)C=CC13)C(C)(O)C[C@H](C)[C@@H]1C[C@@](O)(NC(=O)O1)[C@H](OC)/C=C/C=C(\C)C2. The van der Waals surface area contributed by atoms with E-state index in [2.05, 4.69) is 15.8 Å². The van der Waals surface area contributed by atoms with Gasteiger partial charge < -0.3 is 53.3 Å². The summed E-state index contributed by atoms with van der Waals surface area (Å²) in [6.45, 7) is 10.8. The van der Waals surface area contributed by atoms with Crippen LogP contribution in [0.3, 0.4) is 0 Å². The number of hydrazone groups is 1. The summed E-state index contributed by atoms with van der Waals surface area (Å²) >= 11 is 6.81. The van der Waals surface area contributed by atoms with Crippen molar-refractivity contribution >= 4 is 92.2 Å². The predicted octanol–water partition coefficient (Wildman–Crippen LogP) is 6.17. The molecule has 1 aromatic rings. The van der Waals surface area contributed by atoms with Crippen molar-refractivity contribution in [3.8, 4) is 5.75 Å². The number of benzene rings is 1. The number of nitrogens with one attached hydrogen (secondary N) is 2. The number of carbonyl (C=O) groups is 8. The minimum Gasteiger partial charge on any atom is -0.495 e. The van der Waals surface area contributed by atoms with Crippen LogP contribution in [0.4, 0.5) is 10.5 Å². The van der Waals surface area contributed by atoms with Crippen molar-refractivity contribution in [2.45, 2.75) is 159 Å². The average Bonchev–Trinajstić information content (AvgIpc) is 3.81. The zero-order valence-electron chi connectivity index (χ0n) is 48.6. The van der Waals surface area contributed by atoms with Crippen molar-refractivity contribution in [2.75, 3.05) is 52.2 Å². The highest BCUT2D eigenvalue weighted by Crippen LogP contribution is 2.40. The van der Waals surface area contributed by atoms with Gasteiger partial charge in [-0.25, -0.2) is 19.8 Å². The van der Waals surface area contributed by atoms with Crippen LogP contribution >= 0.6 is 33.2 Å². The van der Waals surface area contributed by atoms with Crippen LogP contribution in [0.15, 0.2) is 65.0 Å². The molecule has 4 heterocycles. The number of fused-ring (bicyclic) bond motifs is 5. The zero-order chi connectivity index (χ0) is 61.0. The fraction of sp³-hybridized carbons (Fsp3) is 0.596. The molecule has 0 aromatic heterocycles. The highest BCUT2D eigenvalue weighted by molar-refractivity contribution is 8.77. The molecule has 0 radical (unpaired) electrons. The molecular formula is C57H77ClN6O17S2. The number of anilines is 1. The van der Waals surface area contributed by atoms with Gasteiger partial charge in [-0.05, 0) is 89.6 Å². The van der Waals surface area contributed by atoms with Crippen molar-refractivity contribution < 1.29 is 81.8 Å². The Kier molecular flexibility index (Phi) is 23.3. The Bertz CT molecular complexity index is 2750. The maximum absolute atomic E-state index is 14.3. The van der Waals surface area contributed by atoms with Crippen LogP contribution in [0.25, 0.3) is 0 Å². The Morgan fingerprint density at radius 3 is 2.47 bits per heavy atom. The minimum absolute atomic E-state index is 0.0138. The zero-order valence-corrected chi connectivity index (χ0v) is 51.0. The molecule has 5 aliphatic rings. The number of esters is 1. The Morgan fingerprint density at radius 1 is 1.05 bits per heavy atom. The highest BCUT2D eigenvalue weighted by atomic mass is 35.5. The number of ether oxygens (including phenoxy) is 6. The van der Waals surface area contributed by atoms with Crippen molar-refractivity contribution in [2.24, 2.45) is 16.9 Å². The maximum atomic E-state index is 14.3. The van der Waals surface area contributed by atoms with Crippen LogP contribution in [-0.4, -0.2) is 167 Å². The first-order valence-corrected chi connectivity index (χ1v) is 30.1. The monoisotopic (exact) mass is 1220 g/mol. The van der Waals surface area contributed by atoms with E-state index < -0.39 is 101 Å². The molecule has 1 aliphatic carbocycles. The molecule has 26 heteroatoms.